The first kappa shape index (κ1) is 31.4. The third-order valence-electron chi connectivity index (χ3n) is 5.51. The summed E-state index contributed by atoms with van der Waals surface area (Å²) in [5.74, 6) is -4.09. The van der Waals surface area contributed by atoms with Crippen molar-refractivity contribution in [3.63, 3.8) is 0 Å². The number of aromatic carboxylic acids is 1. The van der Waals surface area contributed by atoms with Crippen molar-refractivity contribution in [2.24, 2.45) is 0 Å². The van der Waals surface area contributed by atoms with Gasteiger partial charge in [-0.05, 0) is 49.7 Å². The van der Waals surface area contributed by atoms with Gasteiger partial charge >= 0.3 is 18.1 Å². The van der Waals surface area contributed by atoms with E-state index in [1.807, 2.05) is 41.0 Å². The summed E-state index contributed by atoms with van der Waals surface area (Å²) in [5, 5.41) is 19.3. The molecule has 1 heterocycles. The number of nitrogens with one attached hydrogen (secondary N) is 2. The molecular weight excluding hydrogens is 545 g/mol. The number of amides is 1. The number of anilines is 3. The molecule has 1 amide bonds. The van der Waals surface area contributed by atoms with Crippen LogP contribution >= 0.6 is 0 Å². The Morgan fingerprint density at radius 3 is 2.13 bits per heavy atom. The molecular formula is C24H29F3N4O7S. The Bertz CT molecular complexity index is 1290. The molecule has 0 aliphatic carbocycles. The molecule has 0 bridgehead atoms. The van der Waals surface area contributed by atoms with E-state index in [2.05, 4.69) is 10.0 Å². The summed E-state index contributed by atoms with van der Waals surface area (Å²) in [6.45, 7) is 6.12. The van der Waals surface area contributed by atoms with Crippen molar-refractivity contribution in [3.05, 3.63) is 53.6 Å². The average molecular weight is 575 g/mol. The fourth-order valence-electron chi connectivity index (χ4n) is 3.54. The molecule has 0 radical (unpaired) electrons. The molecule has 1 fully saturated rings. The number of hydrogen-bond acceptors (Lipinski definition) is 7. The number of benzene rings is 2. The molecule has 11 nitrogen and oxygen atoms in total. The van der Waals surface area contributed by atoms with Crippen molar-refractivity contribution < 1.29 is 46.2 Å². The van der Waals surface area contributed by atoms with Crippen molar-refractivity contribution in [3.8, 4) is 0 Å². The van der Waals surface area contributed by atoms with Crippen LogP contribution in [-0.4, -0.2) is 86.0 Å². The van der Waals surface area contributed by atoms with Gasteiger partial charge in [0.2, 0.25) is 15.9 Å². The Kier molecular flexibility index (Phi) is 10.7. The third-order valence-corrected chi connectivity index (χ3v) is 6.80. The lowest BCUT2D eigenvalue weighted by Gasteiger charge is -2.36. The van der Waals surface area contributed by atoms with E-state index in [1.165, 1.54) is 19.1 Å². The minimum Gasteiger partial charge on any atom is -0.478 e. The van der Waals surface area contributed by atoms with E-state index in [1.54, 1.807) is 6.07 Å². The quantitative estimate of drug-likeness (QED) is 0.372. The van der Waals surface area contributed by atoms with E-state index < -0.39 is 28.1 Å². The highest BCUT2D eigenvalue weighted by Crippen LogP contribution is 2.29. The molecule has 1 aliphatic rings. The van der Waals surface area contributed by atoms with E-state index in [4.69, 9.17) is 9.90 Å². The van der Waals surface area contributed by atoms with Crippen molar-refractivity contribution in [1.29, 1.82) is 0 Å². The van der Waals surface area contributed by atoms with E-state index in [0.717, 1.165) is 11.3 Å². The Labute approximate surface area is 223 Å². The van der Waals surface area contributed by atoms with Gasteiger partial charge in [0.15, 0.2) is 0 Å². The molecule has 39 heavy (non-hydrogen) atoms. The second kappa shape index (κ2) is 13.3. The fourth-order valence-corrected chi connectivity index (χ4v) is 4.18. The number of sulfonamides is 1. The molecule has 0 unspecified atom stereocenters. The number of rotatable bonds is 8. The van der Waals surface area contributed by atoms with Gasteiger partial charge in [-0.3, -0.25) is 14.4 Å². The number of piperazine rings is 1. The minimum atomic E-state index is -5.08. The summed E-state index contributed by atoms with van der Waals surface area (Å²) in [6.07, 6.45) is -5.08. The fraction of sp³-hybridized carbons (Fsp3) is 0.375. The van der Waals surface area contributed by atoms with Crippen molar-refractivity contribution in [2.75, 3.05) is 53.4 Å². The molecule has 1 aliphatic heterocycles. The van der Waals surface area contributed by atoms with Gasteiger partial charge in [0, 0.05) is 31.9 Å². The molecule has 2 aromatic carbocycles. The van der Waals surface area contributed by atoms with Crippen LogP contribution in [-0.2, 0) is 19.6 Å². The predicted molar refractivity (Wildman–Crippen MR) is 139 cm³/mol. The largest absolute Gasteiger partial charge is 0.490 e. The number of carbonyl (C=O) groups is 3. The lowest BCUT2D eigenvalue weighted by Crippen LogP contribution is -2.48. The first-order valence-corrected chi connectivity index (χ1v) is 13.3. The van der Waals surface area contributed by atoms with E-state index in [9.17, 15) is 36.3 Å². The lowest BCUT2D eigenvalue weighted by molar-refractivity contribution is -0.192. The molecule has 2 aromatic rings. The maximum Gasteiger partial charge on any atom is 0.490 e. The number of aliphatic carboxylic acids is 1. The van der Waals surface area contributed by atoms with Gasteiger partial charge in [0.25, 0.3) is 0 Å². The van der Waals surface area contributed by atoms with Gasteiger partial charge in [0.05, 0.1) is 29.2 Å². The molecule has 0 atom stereocenters. The van der Waals surface area contributed by atoms with Crippen molar-refractivity contribution in [1.82, 2.24) is 4.90 Å². The van der Waals surface area contributed by atoms with Gasteiger partial charge in [-0.2, -0.15) is 13.2 Å². The van der Waals surface area contributed by atoms with Gasteiger partial charge in [-0.25, -0.2) is 18.0 Å². The number of carbonyl (C=O) groups excluding carboxylic acids is 1. The summed E-state index contributed by atoms with van der Waals surface area (Å²) >= 11 is 0. The van der Waals surface area contributed by atoms with Crippen molar-refractivity contribution >= 4 is 44.9 Å². The van der Waals surface area contributed by atoms with E-state index >= 15 is 0 Å². The Hall–Kier alpha value is -3.85. The highest BCUT2D eigenvalue weighted by atomic mass is 32.2. The van der Waals surface area contributed by atoms with Gasteiger partial charge in [0.1, 0.15) is 0 Å². The normalized spacial score (nSPS) is 14.1. The van der Waals surface area contributed by atoms with Crippen LogP contribution in [0.1, 0.15) is 22.8 Å². The summed E-state index contributed by atoms with van der Waals surface area (Å²) in [4.78, 5) is 36.6. The molecule has 0 saturated carbocycles. The van der Waals surface area contributed by atoms with Crippen LogP contribution in [0.4, 0.5) is 30.2 Å². The highest BCUT2D eigenvalue weighted by molar-refractivity contribution is 7.92. The van der Waals surface area contributed by atoms with Crippen LogP contribution in [0.3, 0.4) is 0 Å². The van der Waals surface area contributed by atoms with Gasteiger partial charge in [-0.15, -0.1) is 0 Å². The van der Waals surface area contributed by atoms with Crippen LogP contribution in [0, 0.1) is 6.92 Å². The van der Waals surface area contributed by atoms with Gasteiger partial charge < -0.3 is 20.4 Å². The monoisotopic (exact) mass is 574 g/mol. The Morgan fingerprint density at radius 1 is 1.00 bits per heavy atom. The zero-order valence-electron chi connectivity index (χ0n) is 21.2. The molecule has 4 N–H and O–H groups in total. The Morgan fingerprint density at radius 2 is 1.62 bits per heavy atom. The zero-order valence-corrected chi connectivity index (χ0v) is 22.0. The molecule has 0 spiro atoms. The Balaban J connectivity index is 0.000000673. The maximum atomic E-state index is 12.4. The topological polar surface area (TPSA) is 156 Å². The third kappa shape index (κ3) is 10.1. The average Bonchev–Trinajstić information content (AvgIpc) is 2.84. The highest BCUT2D eigenvalue weighted by Gasteiger charge is 2.38. The predicted octanol–water partition coefficient (Wildman–Crippen LogP) is 2.85. The standard InChI is InChI=1S/C22H28N4O5S.C2HF3O2/c1-3-32(30,31)24-19-14-17(22(28)29)7-8-20(19)26-11-9-25(10-12-26)15-21(27)23-18-6-4-5-16(2)13-18;3-2(4,5)1(6)7/h4-8,13-14,24H,3,9-12,15H2,1-2H3,(H,23,27)(H,28,29);(H,6,7). The lowest BCUT2D eigenvalue weighted by atomic mass is 10.1. The number of halogens is 3. The summed E-state index contributed by atoms with van der Waals surface area (Å²) in [7, 11) is -3.57. The second-order valence-corrected chi connectivity index (χ2v) is 10.5. The van der Waals surface area contributed by atoms with Crippen LogP contribution in [0.15, 0.2) is 42.5 Å². The number of aryl methyl sites for hydroxylation is 1. The van der Waals surface area contributed by atoms with Crippen LogP contribution in [0.5, 0.6) is 0 Å². The minimum absolute atomic E-state index is 0.00834. The summed E-state index contributed by atoms with van der Waals surface area (Å²) in [5.41, 5.74) is 2.71. The number of nitrogens with zero attached hydrogens (tertiary/aromatic N) is 2. The first-order chi connectivity index (χ1) is 18.1. The summed E-state index contributed by atoms with van der Waals surface area (Å²) < 4.78 is 58.4. The smallest absolute Gasteiger partial charge is 0.478 e. The molecule has 214 valence electrons. The van der Waals surface area contributed by atoms with Crippen LogP contribution < -0.4 is 14.9 Å². The number of carboxylic acids is 2. The van der Waals surface area contributed by atoms with Crippen LogP contribution in [0.2, 0.25) is 0 Å². The molecule has 0 aromatic heterocycles. The molecule has 15 heteroatoms. The number of alkyl halides is 3. The van der Waals surface area contributed by atoms with Crippen LogP contribution in [0.25, 0.3) is 0 Å². The van der Waals surface area contributed by atoms with Gasteiger partial charge in [-0.1, -0.05) is 12.1 Å². The first-order valence-electron chi connectivity index (χ1n) is 11.6. The van der Waals surface area contributed by atoms with Crippen molar-refractivity contribution in [2.45, 2.75) is 20.0 Å². The second-order valence-electron chi connectivity index (χ2n) is 8.53. The zero-order chi connectivity index (χ0) is 29.4. The molecule has 3 rings (SSSR count). The number of carboxylic acid groups (broad SMARTS) is 2. The number of hydrogen-bond donors (Lipinski definition) is 4. The van der Waals surface area contributed by atoms with E-state index in [-0.39, 0.29) is 29.5 Å². The summed E-state index contributed by atoms with van der Waals surface area (Å²) in [6, 6.07) is 12.0. The van der Waals surface area contributed by atoms with E-state index in [0.29, 0.717) is 31.9 Å². The molecule has 1 saturated heterocycles. The SMILES string of the molecule is CCS(=O)(=O)Nc1cc(C(=O)O)ccc1N1CCN(CC(=O)Nc2cccc(C)c2)CC1.O=C(O)C(F)(F)F. The maximum absolute atomic E-state index is 12.4.